The maximum absolute atomic E-state index is 13.4. The van der Waals surface area contributed by atoms with Crippen LogP contribution in [0.25, 0.3) is 0 Å². The van der Waals surface area contributed by atoms with Crippen molar-refractivity contribution in [1.82, 2.24) is 25.5 Å². The third-order valence-electron chi connectivity index (χ3n) is 6.04. The van der Waals surface area contributed by atoms with Crippen molar-refractivity contribution in [2.24, 2.45) is 5.41 Å². The van der Waals surface area contributed by atoms with Crippen molar-refractivity contribution in [2.75, 3.05) is 20.2 Å². The summed E-state index contributed by atoms with van der Waals surface area (Å²) >= 11 is 0. The number of rotatable bonds is 8. The minimum atomic E-state index is -0.761. The van der Waals surface area contributed by atoms with Gasteiger partial charge >= 0.3 is 0 Å². The molecule has 3 rings (SSSR count). The summed E-state index contributed by atoms with van der Waals surface area (Å²) in [6.07, 6.45) is 1.65. The van der Waals surface area contributed by atoms with Gasteiger partial charge in [-0.05, 0) is 29.5 Å². The van der Waals surface area contributed by atoms with Crippen molar-refractivity contribution in [3.05, 3.63) is 47.5 Å². The summed E-state index contributed by atoms with van der Waals surface area (Å²) in [6.45, 7) is 7.54. The van der Waals surface area contributed by atoms with Crippen molar-refractivity contribution in [3.63, 3.8) is 0 Å². The molecule has 0 saturated carbocycles. The zero-order valence-electron chi connectivity index (χ0n) is 20.9. The highest BCUT2D eigenvalue weighted by molar-refractivity contribution is 5.92. The number of imidazole rings is 1. The lowest BCUT2D eigenvalue weighted by Gasteiger charge is -2.35. The van der Waals surface area contributed by atoms with Crippen LogP contribution in [0.2, 0.25) is 0 Å². The number of H-pyrrole nitrogens is 1. The molecule has 1 aliphatic heterocycles. The van der Waals surface area contributed by atoms with Gasteiger partial charge in [0, 0.05) is 26.4 Å². The number of carbonyl (C=O) groups excluding carboxylic acids is 3. The summed E-state index contributed by atoms with van der Waals surface area (Å²) < 4.78 is 5.15. The van der Waals surface area contributed by atoms with E-state index in [1.807, 2.05) is 45.0 Å². The first-order valence-corrected chi connectivity index (χ1v) is 11.7. The minimum Gasteiger partial charge on any atom is -0.497 e. The molecule has 2 aromatic rings. The molecule has 0 aliphatic carbocycles. The van der Waals surface area contributed by atoms with Crippen LogP contribution in [-0.2, 0) is 16.0 Å². The smallest absolute Gasteiger partial charge is 0.269 e. The number of carbonyl (C=O) groups is 3. The van der Waals surface area contributed by atoms with E-state index in [-0.39, 0.29) is 36.4 Å². The van der Waals surface area contributed by atoms with Gasteiger partial charge in [-0.15, -0.1) is 0 Å². The number of aliphatic hydroxyl groups excluding tert-OH is 1. The van der Waals surface area contributed by atoms with Gasteiger partial charge in [0.1, 0.15) is 23.3 Å². The minimum absolute atomic E-state index is 0.125. The number of likely N-dealkylation sites (tertiary alicyclic amines) is 1. The van der Waals surface area contributed by atoms with Crippen LogP contribution in [0.1, 0.15) is 62.0 Å². The van der Waals surface area contributed by atoms with Gasteiger partial charge < -0.3 is 30.4 Å². The molecule has 4 N–H and O–H groups in total. The van der Waals surface area contributed by atoms with Crippen molar-refractivity contribution in [3.8, 4) is 5.75 Å². The van der Waals surface area contributed by atoms with E-state index in [4.69, 9.17) is 4.74 Å². The maximum atomic E-state index is 13.4. The fraction of sp³-hybridized carbons (Fsp3) is 0.520. The third-order valence-corrected chi connectivity index (χ3v) is 6.04. The first-order chi connectivity index (χ1) is 16.5. The monoisotopic (exact) mass is 485 g/mol. The van der Waals surface area contributed by atoms with E-state index in [2.05, 4.69) is 20.6 Å². The lowest BCUT2D eigenvalue weighted by atomic mass is 9.85. The Bertz CT molecular complexity index is 1040. The first kappa shape index (κ1) is 26.2. The number of benzene rings is 1. The number of nitrogens with zero attached hydrogens (tertiary/aromatic N) is 2. The van der Waals surface area contributed by atoms with Gasteiger partial charge in [0.25, 0.3) is 5.91 Å². The first-order valence-electron chi connectivity index (χ1n) is 11.7. The van der Waals surface area contributed by atoms with Crippen LogP contribution in [-0.4, -0.2) is 70.0 Å². The molecule has 2 heterocycles. The number of hydrogen-bond donors (Lipinski definition) is 4. The summed E-state index contributed by atoms with van der Waals surface area (Å²) in [5.41, 5.74) is 0.815. The van der Waals surface area contributed by atoms with Crippen LogP contribution in [0, 0.1) is 5.41 Å². The van der Waals surface area contributed by atoms with E-state index >= 15 is 0 Å². The largest absolute Gasteiger partial charge is 0.497 e. The summed E-state index contributed by atoms with van der Waals surface area (Å²) in [5, 5.41) is 15.9. The molecule has 0 radical (unpaired) electrons. The second-order valence-electron chi connectivity index (χ2n) is 9.93. The van der Waals surface area contributed by atoms with Crippen molar-refractivity contribution < 1.29 is 24.2 Å². The van der Waals surface area contributed by atoms with Crippen LogP contribution in [0.15, 0.2) is 30.5 Å². The number of β-amino-alcohol motifs (C(OH)–C–C–N with tert-alkyl or cyclic N) is 1. The molecule has 35 heavy (non-hydrogen) atoms. The highest BCUT2D eigenvalue weighted by Crippen LogP contribution is 2.33. The topological polar surface area (TPSA) is 137 Å². The summed E-state index contributed by atoms with van der Waals surface area (Å²) in [7, 11) is 1.61. The summed E-state index contributed by atoms with van der Waals surface area (Å²) in [4.78, 5) is 46.6. The lowest BCUT2D eigenvalue weighted by Crippen LogP contribution is -2.54. The molecule has 1 aromatic heterocycles. The predicted molar refractivity (Wildman–Crippen MR) is 130 cm³/mol. The molecule has 10 nitrogen and oxygen atoms in total. The molecule has 1 fully saturated rings. The van der Waals surface area contributed by atoms with E-state index in [0.717, 1.165) is 11.3 Å². The lowest BCUT2D eigenvalue weighted by molar-refractivity contribution is -0.140. The van der Waals surface area contributed by atoms with Crippen molar-refractivity contribution in [2.45, 2.75) is 58.7 Å². The second kappa shape index (κ2) is 10.9. The highest BCUT2D eigenvalue weighted by Gasteiger charge is 2.43. The Labute approximate surface area is 205 Å². The van der Waals surface area contributed by atoms with Crippen LogP contribution >= 0.6 is 0 Å². The van der Waals surface area contributed by atoms with Gasteiger partial charge in [0.05, 0.1) is 25.5 Å². The Balaban J connectivity index is 1.66. The number of aromatic nitrogens is 2. The van der Waals surface area contributed by atoms with Crippen LogP contribution < -0.4 is 15.4 Å². The Morgan fingerprint density at radius 3 is 2.54 bits per heavy atom. The molecule has 1 aromatic carbocycles. The van der Waals surface area contributed by atoms with Crippen LogP contribution in [0.3, 0.4) is 0 Å². The Morgan fingerprint density at radius 2 is 1.94 bits per heavy atom. The van der Waals surface area contributed by atoms with Gasteiger partial charge in [-0.3, -0.25) is 14.4 Å². The summed E-state index contributed by atoms with van der Waals surface area (Å²) in [5.74, 6) is 0.292. The molecule has 0 spiro atoms. The zero-order valence-corrected chi connectivity index (χ0v) is 20.9. The van der Waals surface area contributed by atoms with Gasteiger partial charge in [-0.1, -0.05) is 32.9 Å². The molecule has 3 atom stereocenters. The maximum Gasteiger partial charge on any atom is 0.269 e. The van der Waals surface area contributed by atoms with Crippen LogP contribution in [0.5, 0.6) is 5.75 Å². The predicted octanol–water partition coefficient (Wildman–Crippen LogP) is 1.58. The third kappa shape index (κ3) is 6.60. The van der Waals surface area contributed by atoms with Gasteiger partial charge in [0.2, 0.25) is 11.8 Å². The van der Waals surface area contributed by atoms with Gasteiger partial charge in [-0.25, -0.2) is 4.98 Å². The van der Waals surface area contributed by atoms with E-state index in [1.165, 1.54) is 18.0 Å². The number of hydrogen-bond acceptors (Lipinski definition) is 6. The molecule has 3 amide bonds. The second-order valence-corrected chi connectivity index (χ2v) is 9.93. The van der Waals surface area contributed by atoms with Crippen molar-refractivity contribution in [1.29, 1.82) is 0 Å². The Kier molecular flexibility index (Phi) is 8.16. The molecule has 0 bridgehead atoms. The Morgan fingerprint density at radius 1 is 1.26 bits per heavy atom. The average molecular weight is 486 g/mol. The number of aromatic amines is 1. The summed E-state index contributed by atoms with van der Waals surface area (Å²) in [6, 6.07) is 6.35. The highest BCUT2D eigenvalue weighted by atomic mass is 16.5. The quantitative estimate of drug-likeness (QED) is 0.448. The average Bonchev–Trinajstić information content (AvgIpc) is 3.43. The Hall–Kier alpha value is -3.40. The molecule has 1 aliphatic rings. The van der Waals surface area contributed by atoms with Crippen molar-refractivity contribution >= 4 is 17.7 Å². The number of nitrogens with one attached hydrogen (secondary N) is 3. The molecule has 10 heteroatoms. The van der Waals surface area contributed by atoms with Gasteiger partial charge in [-0.2, -0.15) is 0 Å². The van der Waals surface area contributed by atoms with Crippen LogP contribution in [0.4, 0.5) is 0 Å². The molecular formula is C25H35N5O5. The zero-order chi connectivity index (χ0) is 25.8. The van der Waals surface area contributed by atoms with E-state index in [0.29, 0.717) is 18.8 Å². The van der Waals surface area contributed by atoms with E-state index < -0.39 is 23.6 Å². The number of ether oxygens (including phenoxy) is 1. The SMILES string of the molecule is COc1ccc(CCNC(=O)c2cnc([C@@H]3C[C@@H](O)CN3C(=O)[C@@H](NC(C)=O)C(C)(C)C)[nH]2)cc1. The number of methoxy groups -OCH3 is 1. The normalized spacial score (nSPS) is 18.7. The molecular weight excluding hydrogens is 450 g/mol. The number of amides is 3. The van der Waals surface area contributed by atoms with E-state index in [1.54, 1.807) is 7.11 Å². The fourth-order valence-electron chi connectivity index (χ4n) is 4.16. The fourth-order valence-corrected chi connectivity index (χ4v) is 4.16. The number of aliphatic hydroxyl groups is 1. The van der Waals surface area contributed by atoms with E-state index in [9.17, 15) is 19.5 Å². The molecule has 1 saturated heterocycles. The van der Waals surface area contributed by atoms with Gasteiger partial charge in [0.15, 0.2) is 0 Å². The molecule has 0 unspecified atom stereocenters. The molecule has 190 valence electrons. The standard InChI is InChI=1S/C25H35N5O5/c1-15(31)28-21(25(2,3)4)24(34)30-14-17(32)12-20(30)22-27-13-19(29-22)23(33)26-11-10-16-6-8-18(35-5)9-7-16/h6-9,13,17,20-21,32H,10-12,14H2,1-5H3,(H,26,33)(H,27,29)(H,28,31)/t17-,20+,21-/m1/s1.